The summed E-state index contributed by atoms with van der Waals surface area (Å²) in [5, 5.41) is 6.54. The fourth-order valence-corrected chi connectivity index (χ4v) is 5.99. The third kappa shape index (κ3) is 7.67. The summed E-state index contributed by atoms with van der Waals surface area (Å²) in [6, 6.07) is 9.67. The first kappa shape index (κ1) is 26.9. The van der Waals surface area contributed by atoms with Crippen LogP contribution >= 0.6 is 0 Å². The van der Waals surface area contributed by atoms with Crippen LogP contribution in [0.4, 0.5) is 9.18 Å². The number of amides is 2. The number of ether oxygens (including phenoxy) is 1. The average molecular weight is 476 g/mol. The fourth-order valence-electron chi connectivity index (χ4n) is 5.99. The Balaban J connectivity index is 1.64. The lowest BCUT2D eigenvalue weighted by Gasteiger charge is -2.41. The Morgan fingerprint density at radius 3 is 2.62 bits per heavy atom. The van der Waals surface area contributed by atoms with E-state index in [2.05, 4.69) is 10.6 Å². The molecule has 1 aliphatic carbocycles. The number of rotatable bonds is 12. The van der Waals surface area contributed by atoms with Crippen LogP contribution in [0.2, 0.25) is 0 Å². The molecule has 1 aliphatic heterocycles. The number of benzene rings is 1. The van der Waals surface area contributed by atoms with Crippen molar-refractivity contribution < 1.29 is 13.9 Å². The van der Waals surface area contributed by atoms with Crippen molar-refractivity contribution in [1.82, 2.24) is 15.5 Å². The van der Waals surface area contributed by atoms with E-state index < -0.39 is 5.67 Å². The lowest BCUT2D eigenvalue weighted by molar-refractivity contribution is 0.0208. The van der Waals surface area contributed by atoms with E-state index in [1.165, 1.54) is 32.1 Å². The van der Waals surface area contributed by atoms with Gasteiger partial charge < -0.3 is 20.3 Å². The molecule has 2 fully saturated rings. The van der Waals surface area contributed by atoms with Gasteiger partial charge >= 0.3 is 6.03 Å². The van der Waals surface area contributed by atoms with Crippen LogP contribution in [-0.4, -0.2) is 57.4 Å². The first-order chi connectivity index (χ1) is 16.6. The minimum Gasteiger partial charge on any atom is -0.385 e. The molecule has 2 aliphatic rings. The van der Waals surface area contributed by atoms with E-state index in [1.54, 1.807) is 7.11 Å². The van der Waals surface area contributed by atoms with Crippen molar-refractivity contribution in [3.05, 3.63) is 35.9 Å². The van der Waals surface area contributed by atoms with Crippen LogP contribution in [0.5, 0.6) is 0 Å². The number of nitrogens with zero attached hydrogens (tertiary/aromatic N) is 1. The molecule has 1 aromatic carbocycles. The summed E-state index contributed by atoms with van der Waals surface area (Å²) in [6.45, 7) is 2.60. The molecular formula is C28H46FN3O2. The highest BCUT2D eigenvalue weighted by atomic mass is 19.1. The van der Waals surface area contributed by atoms with Crippen molar-refractivity contribution in [1.29, 1.82) is 0 Å². The number of hydrogen-bond acceptors (Lipinski definition) is 3. The smallest absolute Gasteiger partial charge is 0.317 e. The highest BCUT2D eigenvalue weighted by molar-refractivity contribution is 5.74. The second kappa shape index (κ2) is 14.0. The zero-order chi connectivity index (χ0) is 24.2. The number of likely N-dealkylation sites (tertiary alicyclic amines) is 1. The average Bonchev–Trinajstić information content (AvgIpc) is 2.88. The van der Waals surface area contributed by atoms with E-state index in [0.29, 0.717) is 32.0 Å². The first-order valence-electron chi connectivity index (χ1n) is 13.5. The lowest BCUT2D eigenvalue weighted by Crippen LogP contribution is -2.53. The van der Waals surface area contributed by atoms with Crippen LogP contribution in [0, 0.1) is 11.8 Å². The van der Waals surface area contributed by atoms with Crippen molar-refractivity contribution in [3.63, 3.8) is 0 Å². The quantitative estimate of drug-likeness (QED) is 0.384. The molecule has 2 N–H and O–H groups in total. The predicted octanol–water partition coefficient (Wildman–Crippen LogP) is 5.65. The summed E-state index contributed by atoms with van der Waals surface area (Å²) in [5.41, 5.74) is -0.689. The number of halogens is 1. The van der Waals surface area contributed by atoms with E-state index in [-0.39, 0.29) is 18.0 Å². The van der Waals surface area contributed by atoms with Gasteiger partial charge in [0, 0.05) is 45.3 Å². The number of urea groups is 1. The van der Waals surface area contributed by atoms with Crippen molar-refractivity contribution in [2.75, 3.05) is 40.4 Å². The Morgan fingerprint density at radius 2 is 1.91 bits per heavy atom. The molecule has 1 aromatic rings. The molecule has 34 heavy (non-hydrogen) atoms. The number of carbonyl (C=O) groups excluding carboxylic acids is 1. The molecule has 1 heterocycles. The number of alkyl halides is 1. The number of hydrogen-bond donors (Lipinski definition) is 2. The molecule has 0 spiro atoms. The molecular weight excluding hydrogens is 429 g/mol. The number of likely N-dealkylation sites (N-methyl/N-ethyl adjacent to an activating group) is 1. The molecule has 2 amide bonds. The van der Waals surface area contributed by atoms with Crippen LogP contribution in [0.15, 0.2) is 30.3 Å². The summed E-state index contributed by atoms with van der Waals surface area (Å²) < 4.78 is 21.9. The van der Waals surface area contributed by atoms with Crippen LogP contribution in [0.25, 0.3) is 0 Å². The Hall–Kier alpha value is -1.66. The van der Waals surface area contributed by atoms with Gasteiger partial charge in [-0.2, -0.15) is 0 Å². The Bertz CT molecular complexity index is 713. The third-order valence-corrected chi connectivity index (χ3v) is 7.87. The second-order valence-electron chi connectivity index (χ2n) is 10.4. The predicted molar refractivity (Wildman–Crippen MR) is 137 cm³/mol. The molecule has 3 atom stereocenters. The maximum atomic E-state index is 16.8. The van der Waals surface area contributed by atoms with Crippen molar-refractivity contribution in [3.8, 4) is 0 Å². The van der Waals surface area contributed by atoms with Gasteiger partial charge in [0.1, 0.15) is 5.67 Å². The highest BCUT2D eigenvalue weighted by Gasteiger charge is 2.43. The lowest BCUT2D eigenvalue weighted by atomic mass is 9.75. The maximum absolute atomic E-state index is 16.8. The molecule has 3 rings (SSSR count). The van der Waals surface area contributed by atoms with Gasteiger partial charge in [-0.05, 0) is 57.1 Å². The van der Waals surface area contributed by atoms with Crippen molar-refractivity contribution in [2.45, 2.75) is 82.3 Å². The Morgan fingerprint density at radius 1 is 1.15 bits per heavy atom. The monoisotopic (exact) mass is 475 g/mol. The molecule has 0 radical (unpaired) electrons. The number of carbonyl (C=O) groups is 1. The van der Waals surface area contributed by atoms with E-state index in [0.717, 1.165) is 44.2 Å². The van der Waals surface area contributed by atoms with Crippen molar-refractivity contribution >= 4 is 6.03 Å². The van der Waals surface area contributed by atoms with Gasteiger partial charge in [-0.3, -0.25) is 0 Å². The largest absolute Gasteiger partial charge is 0.385 e. The van der Waals surface area contributed by atoms with E-state index in [1.807, 2.05) is 42.3 Å². The van der Waals surface area contributed by atoms with Gasteiger partial charge in [-0.1, -0.05) is 62.4 Å². The van der Waals surface area contributed by atoms with Crippen LogP contribution in [0.1, 0.15) is 76.2 Å². The zero-order valence-electron chi connectivity index (χ0n) is 21.4. The van der Waals surface area contributed by atoms with Crippen LogP contribution < -0.4 is 10.6 Å². The summed E-state index contributed by atoms with van der Waals surface area (Å²) in [7, 11) is 3.63. The summed E-state index contributed by atoms with van der Waals surface area (Å²) in [6.07, 6.45) is 11.3. The topological polar surface area (TPSA) is 53.6 Å². The number of unbranched alkanes of at least 4 members (excludes halogenated alkanes) is 1. The van der Waals surface area contributed by atoms with Gasteiger partial charge in [0.15, 0.2) is 0 Å². The van der Waals surface area contributed by atoms with E-state index in [9.17, 15) is 4.79 Å². The summed E-state index contributed by atoms with van der Waals surface area (Å²) in [4.78, 5) is 15.1. The minimum absolute atomic E-state index is 0.0319. The molecule has 5 nitrogen and oxygen atoms in total. The molecule has 2 unspecified atom stereocenters. The fraction of sp³-hybridized carbons (Fsp3) is 0.750. The molecule has 1 saturated heterocycles. The van der Waals surface area contributed by atoms with Gasteiger partial charge in [-0.15, -0.1) is 0 Å². The molecule has 0 aromatic heterocycles. The maximum Gasteiger partial charge on any atom is 0.317 e. The first-order valence-corrected chi connectivity index (χ1v) is 13.5. The van der Waals surface area contributed by atoms with Gasteiger partial charge in [0.05, 0.1) is 0 Å². The SMILES string of the molecule is CNCC(CC1CCCCC1)NC(=O)N1CCCC([C@@](F)(CCCCOC)c2ccccc2)C1. The summed E-state index contributed by atoms with van der Waals surface area (Å²) in [5.74, 6) is 0.503. The van der Waals surface area contributed by atoms with Crippen LogP contribution in [0.3, 0.4) is 0 Å². The number of methoxy groups -OCH3 is 1. The normalized spacial score (nSPS) is 22.2. The van der Waals surface area contributed by atoms with E-state index in [4.69, 9.17) is 4.74 Å². The molecule has 0 bridgehead atoms. The Kier molecular flexibility index (Phi) is 11.1. The third-order valence-electron chi connectivity index (χ3n) is 7.87. The molecule has 6 heteroatoms. The zero-order valence-corrected chi connectivity index (χ0v) is 21.4. The standard InChI is InChI=1S/C28H46FN3O2/c1-30-21-26(20-23-12-5-3-6-13-23)31-27(33)32-18-11-16-25(22-32)28(29,17-9-10-19-34-2)24-14-7-4-8-15-24/h4,7-8,14-15,23,25-26,30H,3,5-6,9-13,16-22H2,1-2H3,(H,31,33)/t25?,26?,28-/m1/s1. The Labute approximate surface area is 206 Å². The van der Waals surface area contributed by atoms with Gasteiger partial charge in [0.25, 0.3) is 0 Å². The summed E-state index contributed by atoms with van der Waals surface area (Å²) >= 11 is 0. The minimum atomic E-state index is -1.43. The molecule has 192 valence electrons. The van der Waals surface area contributed by atoms with Gasteiger partial charge in [0.2, 0.25) is 0 Å². The van der Waals surface area contributed by atoms with E-state index >= 15 is 4.39 Å². The van der Waals surface area contributed by atoms with Crippen LogP contribution in [-0.2, 0) is 10.4 Å². The number of nitrogens with one attached hydrogen (secondary N) is 2. The molecule has 1 saturated carbocycles. The second-order valence-corrected chi connectivity index (χ2v) is 10.4. The number of piperidine rings is 1. The van der Waals surface area contributed by atoms with Gasteiger partial charge in [-0.25, -0.2) is 9.18 Å². The highest BCUT2D eigenvalue weighted by Crippen LogP contribution is 2.43. The van der Waals surface area contributed by atoms with Crippen molar-refractivity contribution in [2.24, 2.45) is 11.8 Å².